The Morgan fingerprint density at radius 2 is 1.75 bits per heavy atom. The Morgan fingerprint density at radius 1 is 1.03 bits per heavy atom. The van der Waals surface area contributed by atoms with Crippen LogP contribution in [0.2, 0.25) is 0 Å². The number of hydrogen-bond donors (Lipinski definition) is 2. The van der Waals surface area contributed by atoms with Gasteiger partial charge in [-0.25, -0.2) is 4.98 Å². The molecule has 0 unspecified atom stereocenters. The van der Waals surface area contributed by atoms with Gasteiger partial charge in [0.25, 0.3) is 5.91 Å². The summed E-state index contributed by atoms with van der Waals surface area (Å²) < 4.78 is 5.29. The van der Waals surface area contributed by atoms with Crippen molar-refractivity contribution in [2.45, 2.75) is 50.9 Å². The van der Waals surface area contributed by atoms with Crippen molar-refractivity contribution >= 4 is 23.3 Å². The number of methoxy groups -OCH3 is 1. The Hall–Kier alpha value is -3.09. The largest absolute Gasteiger partial charge is 0.495 e. The molecule has 0 radical (unpaired) electrons. The normalized spacial score (nSPS) is 17.7. The topological polar surface area (TPSA) is 97.5 Å². The van der Waals surface area contributed by atoms with E-state index in [0.29, 0.717) is 22.9 Å². The molecule has 4 rings (SSSR count). The molecule has 32 heavy (non-hydrogen) atoms. The van der Waals surface area contributed by atoms with E-state index in [-0.39, 0.29) is 23.6 Å². The number of ether oxygens (including phenoxy) is 1. The van der Waals surface area contributed by atoms with Crippen LogP contribution >= 0.6 is 0 Å². The van der Waals surface area contributed by atoms with Gasteiger partial charge in [0.2, 0.25) is 5.91 Å². The van der Waals surface area contributed by atoms with Gasteiger partial charge in [-0.05, 0) is 49.9 Å². The summed E-state index contributed by atoms with van der Waals surface area (Å²) in [6.45, 7) is 1.52. The molecule has 1 saturated carbocycles. The minimum absolute atomic E-state index is 0.218. The molecule has 2 fully saturated rings. The Bertz CT molecular complexity index is 963. The number of nitrogens with zero attached hydrogens (tertiary/aromatic N) is 2. The lowest BCUT2D eigenvalue weighted by molar-refractivity contribution is -0.137. The molecular formula is C25H32N4O3. The molecule has 2 aromatic rings. The molecule has 170 valence electrons. The van der Waals surface area contributed by atoms with E-state index in [0.717, 1.165) is 44.5 Å². The molecule has 2 aliphatic rings. The predicted octanol–water partition coefficient (Wildman–Crippen LogP) is 4.21. The molecule has 1 saturated heterocycles. The molecule has 1 aromatic carbocycles. The highest BCUT2D eigenvalue weighted by atomic mass is 16.5. The highest BCUT2D eigenvalue weighted by Crippen LogP contribution is 2.31. The minimum atomic E-state index is -0.320. The van der Waals surface area contributed by atoms with Gasteiger partial charge in [-0.1, -0.05) is 31.4 Å². The van der Waals surface area contributed by atoms with Crippen LogP contribution in [0.1, 0.15) is 66.9 Å². The van der Waals surface area contributed by atoms with E-state index in [4.69, 9.17) is 10.5 Å². The van der Waals surface area contributed by atoms with E-state index in [1.165, 1.54) is 19.3 Å². The number of carbonyl (C=O) groups excluding carboxylic acids is 2. The van der Waals surface area contributed by atoms with E-state index < -0.39 is 0 Å². The fourth-order valence-corrected chi connectivity index (χ4v) is 4.85. The van der Waals surface area contributed by atoms with E-state index in [2.05, 4.69) is 10.3 Å². The number of piperidine rings is 1. The van der Waals surface area contributed by atoms with Crippen molar-refractivity contribution in [1.29, 1.82) is 0 Å². The molecule has 0 spiro atoms. The van der Waals surface area contributed by atoms with Gasteiger partial charge in [0.15, 0.2) is 0 Å². The van der Waals surface area contributed by atoms with Crippen molar-refractivity contribution in [2.24, 2.45) is 5.92 Å². The van der Waals surface area contributed by atoms with Crippen molar-refractivity contribution in [2.75, 3.05) is 31.2 Å². The third kappa shape index (κ3) is 4.87. The molecule has 3 N–H and O–H groups in total. The Balaban J connectivity index is 1.37. The molecule has 2 heterocycles. The van der Waals surface area contributed by atoms with Crippen LogP contribution in [0.4, 0.5) is 11.5 Å². The number of aromatic nitrogens is 1. The van der Waals surface area contributed by atoms with Crippen LogP contribution in [0.3, 0.4) is 0 Å². The van der Waals surface area contributed by atoms with Crippen LogP contribution in [0.15, 0.2) is 36.4 Å². The van der Waals surface area contributed by atoms with Crippen LogP contribution in [-0.4, -0.2) is 41.9 Å². The van der Waals surface area contributed by atoms with Gasteiger partial charge in [0.1, 0.15) is 11.6 Å². The van der Waals surface area contributed by atoms with E-state index in [1.807, 2.05) is 23.1 Å². The van der Waals surface area contributed by atoms with Gasteiger partial charge >= 0.3 is 0 Å². The van der Waals surface area contributed by atoms with Crippen molar-refractivity contribution in [3.8, 4) is 5.75 Å². The fraction of sp³-hybridized carbons (Fsp3) is 0.480. The van der Waals surface area contributed by atoms with Gasteiger partial charge < -0.3 is 20.7 Å². The van der Waals surface area contributed by atoms with Crippen molar-refractivity contribution in [1.82, 2.24) is 9.88 Å². The summed E-state index contributed by atoms with van der Waals surface area (Å²) >= 11 is 0. The number of benzene rings is 1. The number of nitrogens with one attached hydrogen (secondary N) is 1. The van der Waals surface area contributed by atoms with Crippen LogP contribution in [-0.2, 0) is 4.79 Å². The van der Waals surface area contributed by atoms with E-state index in [9.17, 15) is 9.59 Å². The number of hydrogen-bond acceptors (Lipinski definition) is 5. The number of nitrogen functional groups attached to an aromatic ring is 1. The van der Waals surface area contributed by atoms with E-state index in [1.54, 1.807) is 25.3 Å². The monoisotopic (exact) mass is 436 g/mol. The minimum Gasteiger partial charge on any atom is -0.495 e. The van der Waals surface area contributed by atoms with Crippen molar-refractivity contribution in [3.05, 3.63) is 47.7 Å². The Morgan fingerprint density at radius 3 is 2.44 bits per heavy atom. The number of amides is 2. The highest BCUT2D eigenvalue weighted by Gasteiger charge is 2.30. The number of likely N-dealkylation sites (tertiary alicyclic amines) is 1. The maximum atomic E-state index is 12.8. The maximum absolute atomic E-state index is 12.8. The average Bonchev–Trinajstić information content (AvgIpc) is 2.84. The first-order valence-electron chi connectivity index (χ1n) is 11.6. The molecule has 7 heteroatoms. The van der Waals surface area contributed by atoms with Crippen molar-refractivity contribution in [3.63, 3.8) is 0 Å². The summed E-state index contributed by atoms with van der Waals surface area (Å²) in [6, 6.07) is 10.9. The van der Waals surface area contributed by atoms with Gasteiger partial charge in [-0.3, -0.25) is 9.59 Å². The quantitative estimate of drug-likeness (QED) is 0.732. The zero-order valence-corrected chi connectivity index (χ0v) is 18.7. The van der Waals surface area contributed by atoms with Gasteiger partial charge in [0.05, 0.1) is 18.4 Å². The molecule has 0 atom stereocenters. The van der Waals surface area contributed by atoms with Crippen molar-refractivity contribution < 1.29 is 14.3 Å². The number of carbonyl (C=O) groups is 2. The van der Waals surface area contributed by atoms with E-state index >= 15 is 0 Å². The molecular weight excluding hydrogens is 404 g/mol. The summed E-state index contributed by atoms with van der Waals surface area (Å²) in [5.74, 6) is 1.28. The molecule has 2 amide bonds. The molecule has 0 bridgehead atoms. The molecule has 7 nitrogen and oxygen atoms in total. The summed E-state index contributed by atoms with van der Waals surface area (Å²) in [6.07, 6.45) is 7.42. The summed E-state index contributed by atoms with van der Waals surface area (Å²) in [5.41, 5.74) is 7.97. The number of nitrogens with two attached hydrogens (primary N) is 1. The lowest BCUT2D eigenvalue weighted by Gasteiger charge is -2.35. The SMILES string of the molecule is COc1ccccc1NC(=O)c1ccc(C2CCN(C(=O)C3CCCCC3)CC2)nc1N. The average molecular weight is 437 g/mol. The smallest absolute Gasteiger partial charge is 0.259 e. The lowest BCUT2D eigenvalue weighted by atomic mass is 9.86. The molecule has 1 aliphatic heterocycles. The fourth-order valence-electron chi connectivity index (χ4n) is 4.85. The van der Waals surface area contributed by atoms with Crippen LogP contribution < -0.4 is 15.8 Å². The first-order chi connectivity index (χ1) is 15.6. The highest BCUT2D eigenvalue weighted by molar-refractivity contribution is 6.07. The number of pyridine rings is 1. The van der Waals surface area contributed by atoms with Crippen LogP contribution in [0.5, 0.6) is 5.75 Å². The zero-order valence-electron chi connectivity index (χ0n) is 18.7. The first-order valence-corrected chi connectivity index (χ1v) is 11.6. The molecule has 1 aromatic heterocycles. The standard InChI is InChI=1S/C25H32N4O3/c1-32-22-10-6-5-9-21(22)28-24(30)19-11-12-20(27-23(19)26)17-13-15-29(16-14-17)25(31)18-7-3-2-4-8-18/h5-6,9-12,17-18H,2-4,7-8,13-16H2,1H3,(H2,26,27)(H,28,30). The third-order valence-electron chi connectivity index (χ3n) is 6.73. The predicted molar refractivity (Wildman–Crippen MR) is 125 cm³/mol. The summed E-state index contributed by atoms with van der Waals surface area (Å²) in [4.78, 5) is 32.1. The van der Waals surface area contributed by atoms with Gasteiger partial charge in [0, 0.05) is 30.6 Å². The maximum Gasteiger partial charge on any atom is 0.259 e. The Kier molecular flexibility index (Phi) is 6.93. The summed E-state index contributed by atoms with van der Waals surface area (Å²) in [7, 11) is 1.56. The van der Waals surface area contributed by atoms with Crippen LogP contribution in [0.25, 0.3) is 0 Å². The molecule has 1 aliphatic carbocycles. The number of anilines is 2. The lowest BCUT2D eigenvalue weighted by Crippen LogP contribution is -2.42. The van der Waals surface area contributed by atoms with Crippen LogP contribution in [0, 0.1) is 5.92 Å². The second-order valence-electron chi connectivity index (χ2n) is 8.76. The summed E-state index contributed by atoms with van der Waals surface area (Å²) in [5, 5.41) is 2.84. The Labute approximate surface area is 189 Å². The zero-order chi connectivity index (χ0) is 22.5. The number of rotatable bonds is 5. The van der Waals surface area contributed by atoms with Gasteiger partial charge in [-0.15, -0.1) is 0 Å². The second kappa shape index (κ2) is 10.0. The third-order valence-corrected chi connectivity index (χ3v) is 6.73. The second-order valence-corrected chi connectivity index (χ2v) is 8.76. The number of para-hydroxylation sites is 2. The first kappa shape index (κ1) is 22.1. The van der Waals surface area contributed by atoms with Gasteiger partial charge in [-0.2, -0.15) is 0 Å².